The molecule has 0 saturated carbocycles. The molecule has 0 spiro atoms. The van der Waals surface area contributed by atoms with Crippen molar-refractivity contribution < 1.29 is 28.6 Å². The fraction of sp³-hybridized carbons (Fsp3) is 0.941. The molecule has 0 aromatic carbocycles. The first-order chi connectivity index (χ1) is 27.6. The maximum atomic E-state index is 12.8. The molecule has 0 aromatic rings. The monoisotopic (exact) mass is 807 g/mol. The lowest BCUT2D eigenvalue weighted by molar-refractivity contribution is -0.167. The topological polar surface area (TPSA) is 78.9 Å². The van der Waals surface area contributed by atoms with Gasteiger partial charge in [0.15, 0.2) is 6.10 Å². The summed E-state index contributed by atoms with van der Waals surface area (Å²) in [5, 5.41) is 0. The van der Waals surface area contributed by atoms with E-state index in [-0.39, 0.29) is 31.1 Å². The molecule has 1 unspecified atom stereocenters. The van der Waals surface area contributed by atoms with Crippen LogP contribution in [0.25, 0.3) is 0 Å². The number of unbranched alkanes of at least 4 members (excludes halogenated alkanes) is 26. The summed E-state index contributed by atoms with van der Waals surface area (Å²) in [5.74, 6) is 1.61. The van der Waals surface area contributed by atoms with Crippen LogP contribution in [0.4, 0.5) is 0 Å². The molecule has 0 aliphatic rings. The first kappa shape index (κ1) is 55.4. The molecule has 0 rings (SSSR count). The fourth-order valence-electron chi connectivity index (χ4n) is 7.55. The Morgan fingerprint density at radius 2 is 0.614 bits per heavy atom. The summed E-state index contributed by atoms with van der Waals surface area (Å²) in [6.07, 6.45) is 40.9. The van der Waals surface area contributed by atoms with Crippen molar-refractivity contribution in [1.29, 1.82) is 0 Å². The van der Waals surface area contributed by atoms with Gasteiger partial charge in [0.1, 0.15) is 13.2 Å². The predicted octanol–water partition coefficient (Wildman–Crippen LogP) is 16.0. The van der Waals surface area contributed by atoms with Gasteiger partial charge in [0, 0.05) is 19.3 Å². The first-order valence-electron chi connectivity index (χ1n) is 25.1. The Labute approximate surface area is 355 Å². The Hall–Kier alpha value is -1.59. The van der Waals surface area contributed by atoms with E-state index in [0.717, 1.165) is 75.5 Å². The molecule has 0 fully saturated rings. The van der Waals surface area contributed by atoms with Crippen molar-refractivity contribution in [3.05, 3.63) is 0 Å². The zero-order valence-electron chi connectivity index (χ0n) is 39.1. The van der Waals surface area contributed by atoms with Gasteiger partial charge in [0.25, 0.3) is 0 Å². The lowest BCUT2D eigenvalue weighted by Gasteiger charge is -2.18. The van der Waals surface area contributed by atoms with Crippen LogP contribution in [0.15, 0.2) is 0 Å². The third-order valence-corrected chi connectivity index (χ3v) is 11.8. The fourth-order valence-corrected chi connectivity index (χ4v) is 7.55. The molecular weight excluding hydrogens is 709 g/mol. The summed E-state index contributed by atoms with van der Waals surface area (Å²) in [4.78, 5) is 37.8. The van der Waals surface area contributed by atoms with Crippen LogP contribution >= 0.6 is 0 Å². The zero-order valence-corrected chi connectivity index (χ0v) is 39.1. The van der Waals surface area contributed by atoms with Crippen LogP contribution in [0.1, 0.15) is 273 Å². The van der Waals surface area contributed by atoms with Crippen LogP contribution < -0.4 is 0 Å². The number of ether oxygens (including phenoxy) is 3. The molecule has 6 heteroatoms. The summed E-state index contributed by atoms with van der Waals surface area (Å²) in [6.45, 7) is 13.7. The van der Waals surface area contributed by atoms with Crippen LogP contribution in [-0.4, -0.2) is 37.2 Å². The van der Waals surface area contributed by atoms with E-state index in [0.29, 0.717) is 19.3 Å². The molecule has 0 aromatic heterocycles. The van der Waals surface area contributed by atoms with Crippen LogP contribution in [0.5, 0.6) is 0 Å². The number of esters is 3. The number of hydrogen-bond acceptors (Lipinski definition) is 6. The van der Waals surface area contributed by atoms with Gasteiger partial charge in [-0.3, -0.25) is 14.4 Å². The average Bonchev–Trinajstić information content (AvgIpc) is 3.18. The van der Waals surface area contributed by atoms with E-state index in [1.165, 1.54) is 154 Å². The maximum absolute atomic E-state index is 12.8. The van der Waals surface area contributed by atoms with E-state index >= 15 is 0 Å². The van der Waals surface area contributed by atoms with Crippen LogP contribution in [0, 0.1) is 17.8 Å². The van der Waals surface area contributed by atoms with Crippen molar-refractivity contribution in [3.63, 3.8) is 0 Å². The average molecular weight is 807 g/mol. The molecule has 6 nitrogen and oxygen atoms in total. The van der Waals surface area contributed by atoms with Crippen molar-refractivity contribution in [2.24, 2.45) is 17.8 Å². The molecule has 0 heterocycles. The molecule has 0 radical (unpaired) electrons. The van der Waals surface area contributed by atoms with Gasteiger partial charge >= 0.3 is 17.9 Å². The summed E-state index contributed by atoms with van der Waals surface area (Å²) < 4.78 is 16.8. The molecule has 0 amide bonds. The lowest BCUT2D eigenvalue weighted by atomic mass is 10.00. The first-order valence-corrected chi connectivity index (χ1v) is 25.1. The van der Waals surface area contributed by atoms with Gasteiger partial charge in [-0.25, -0.2) is 0 Å². The molecule has 0 bridgehead atoms. The summed E-state index contributed by atoms with van der Waals surface area (Å²) in [7, 11) is 0. The smallest absolute Gasteiger partial charge is 0.306 e. The highest BCUT2D eigenvalue weighted by Gasteiger charge is 2.19. The molecule has 0 aliphatic carbocycles. The van der Waals surface area contributed by atoms with Crippen molar-refractivity contribution in [3.8, 4) is 0 Å². The van der Waals surface area contributed by atoms with E-state index in [4.69, 9.17) is 14.2 Å². The van der Waals surface area contributed by atoms with Crippen LogP contribution in [0.2, 0.25) is 0 Å². The van der Waals surface area contributed by atoms with Gasteiger partial charge < -0.3 is 14.2 Å². The number of carbonyl (C=O) groups excluding carboxylic acids is 3. The normalized spacial score (nSPS) is 12.6. The van der Waals surface area contributed by atoms with E-state index in [1.54, 1.807) is 0 Å². The largest absolute Gasteiger partial charge is 0.462 e. The molecule has 338 valence electrons. The molecule has 0 N–H and O–H groups in total. The minimum atomic E-state index is -0.763. The van der Waals surface area contributed by atoms with E-state index < -0.39 is 6.10 Å². The number of hydrogen-bond donors (Lipinski definition) is 0. The van der Waals surface area contributed by atoms with E-state index in [2.05, 4.69) is 41.5 Å². The minimum absolute atomic E-state index is 0.0659. The third-order valence-electron chi connectivity index (χ3n) is 11.8. The number of carbonyl (C=O) groups is 3. The molecule has 57 heavy (non-hydrogen) atoms. The Bertz CT molecular complexity index is 885. The second-order valence-corrected chi connectivity index (χ2v) is 18.6. The molecular formula is C51H98O6. The summed E-state index contributed by atoms with van der Waals surface area (Å²) in [5.41, 5.74) is 0. The molecule has 0 aliphatic heterocycles. The van der Waals surface area contributed by atoms with Gasteiger partial charge in [-0.05, 0) is 37.0 Å². The van der Waals surface area contributed by atoms with Gasteiger partial charge in [-0.15, -0.1) is 0 Å². The van der Waals surface area contributed by atoms with Crippen molar-refractivity contribution >= 4 is 17.9 Å². The third kappa shape index (κ3) is 43.8. The van der Waals surface area contributed by atoms with Crippen LogP contribution in [0.3, 0.4) is 0 Å². The standard InChI is InChI=1S/C51H98O6/c1-7-47(6)39-33-27-23-24-29-35-41-50(53)56-44-48(43-55-49(52)40-34-28-21-18-14-16-20-26-32-38-46(4)5)57-51(54)42-36-30-22-17-13-11-9-8-10-12-15-19-25-31-37-45(2)3/h45-48H,7-44H2,1-6H3/t47?,48-/m0/s1. The SMILES string of the molecule is CCC(C)CCCCCCCCC(=O)OC[C@H](COC(=O)CCCCCCCCCCCC(C)C)OC(=O)CCCCCCCCCCCCCCCCC(C)C. The second kappa shape index (κ2) is 42.5. The lowest BCUT2D eigenvalue weighted by Crippen LogP contribution is -2.30. The molecule has 0 saturated heterocycles. The number of rotatable bonds is 44. The molecule has 2 atom stereocenters. The zero-order chi connectivity index (χ0) is 42.0. The van der Waals surface area contributed by atoms with E-state index in [9.17, 15) is 14.4 Å². The maximum Gasteiger partial charge on any atom is 0.306 e. The second-order valence-electron chi connectivity index (χ2n) is 18.6. The predicted molar refractivity (Wildman–Crippen MR) is 243 cm³/mol. The van der Waals surface area contributed by atoms with Crippen LogP contribution in [-0.2, 0) is 28.6 Å². The Balaban J connectivity index is 4.30. The summed E-state index contributed by atoms with van der Waals surface area (Å²) in [6, 6.07) is 0. The van der Waals surface area contributed by atoms with Crippen molar-refractivity contribution in [2.45, 2.75) is 279 Å². The highest BCUT2D eigenvalue weighted by atomic mass is 16.6. The minimum Gasteiger partial charge on any atom is -0.462 e. The Morgan fingerprint density at radius 1 is 0.351 bits per heavy atom. The van der Waals surface area contributed by atoms with Gasteiger partial charge in [0.05, 0.1) is 0 Å². The Kier molecular flexibility index (Phi) is 41.3. The summed E-state index contributed by atoms with van der Waals surface area (Å²) >= 11 is 0. The van der Waals surface area contributed by atoms with Gasteiger partial charge in [-0.2, -0.15) is 0 Å². The Morgan fingerprint density at radius 3 is 0.912 bits per heavy atom. The van der Waals surface area contributed by atoms with Gasteiger partial charge in [-0.1, -0.05) is 234 Å². The quantitative estimate of drug-likeness (QED) is 0.0347. The van der Waals surface area contributed by atoms with Crippen molar-refractivity contribution in [1.82, 2.24) is 0 Å². The van der Waals surface area contributed by atoms with Gasteiger partial charge in [0.2, 0.25) is 0 Å². The van der Waals surface area contributed by atoms with E-state index in [1.807, 2.05) is 0 Å². The van der Waals surface area contributed by atoms with Crippen molar-refractivity contribution in [2.75, 3.05) is 13.2 Å². The highest BCUT2D eigenvalue weighted by Crippen LogP contribution is 2.18. The highest BCUT2D eigenvalue weighted by molar-refractivity contribution is 5.71.